The molecule has 1 unspecified atom stereocenters. The number of pyridine rings is 1. The lowest BCUT2D eigenvalue weighted by Crippen LogP contribution is -2.05. The quantitative estimate of drug-likeness (QED) is 0.504. The average Bonchev–Trinajstić information content (AvgIpc) is 3.35. The molecule has 4 aromatic heterocycles. The Morgan fingerprint density at radius 2 is 2.11 bits per heavy atom. The van der Waals surface area contributed by atoms with Crippen LogP contribution in [0.3, 0.4) is 0 Å². The van der Waals surface area contributed by atoms with Gasteiger partial charge in [-0.3, -0.25) is 4.21 Å². The molecule has 6 nitrogen and oxygen atoms in total. The molecule has 0 aromatic carbocycles. The number of aromatic nitrogens is 4. The van der Waals surface area contributed by atoms with Crippen molar-refractivity contribution in [1.29, 1.82) is 0 Å². The van der Waals surface area contributed by atoms with E-state index < -0.39 is 10.8 Å². The van der Waals surface area contributed by atoms with Gasteiger partial charge in [0, 0.05) is 35.3 Å². The second-order valence-electron chi connectivity index (χ2n) is 7.03. The predicted octanol–water partition coefficient (Wildman–Crippen LogP) is 4.47. The highest BCUT2D eigenvalue weighted by Crippen LogP contribution is 2.43. The molecule has 28 heavy (non-hydrogen) atoms. The molecule has 0 aliphatic carbocycles. The molecule has 4 rings (SSSR count). The third-order valence-corrected chi connectivity index (χ3v) is 8.60. The zero-order valence-electron chi connectivity index (χ0n) is 16.1. The van der Waals surface area contributed by atoms with Crippen LogP contribution in [0.15, 0.2) is 28.0 Å². The number of imidazole rings is 1. The molecule has 0 spiro atoms. The molecule has 0 saturated heterocycles. The van der Waals surface area contributed by atoms with Crippen LogP contribution in [0.1, 0.15) is 19.7 Å². The van der Waals surface area contributed by atoms with E-state index in [-0.39, 0.29) is 0 Å². The molecule has 0 aliphatic heterocycles. The highest BCUT2D eigenvalue weighted by molar-refractivity contribution is 7.87. The van der Waals surface area contributed by atoms with E-state index in [0.29, 0.717) is 21.6 Å². The van der Waals surface area contributed by atoms with Crippen molar-refractivity contribution in [3.8, 4) is 22.0 Å². The third-order valence-electron chi connectivity index (χ3n) is 4.50. The monoisotopic (exact) mass is 431 g/mol. The molecular weight excluding hydrogens is 410 g/mol. The third kappa shape index (κ3) is 3.27. The van der Waals surface area contributed by atoms with Crippen molar-refractivity contribution in [3.05, 3.63) is 29.7 Å². The highest BCUT2D eigenvalue weighted by atomic mass is 32.2. The number of nitrogens with two attached hydrogens (primary N) is 1. The molecule has 0 aliphatic rings. The van der Waals surface area contributed by atoms with Gasteiger partial charge in [0.25, 0.3) is 0 Å². The Bertz CT molecular complexity index is 1170. The molecule has 0 amide bonds. The fraction of sp³-hybridized carbons (Fsp3) is 0.316. The van der Waals surface area contributed by atoms with Crippen LogP contribution in [0.5, 0.6) is 0 Å². The topological polar surface area (TPSA) is 86.7 Å². The minimum atomic E-state index is -1.15. The van der Waals surface area contributed by atoms with Gasteiger partial charge in [0.1, 0.15) is 25.6 Å². The number of nitrogen functional groups attached to an aromatic ring is 1. The first-order chi connectivity index (χ1) is 13.4. The number of thiazole rings is 1. The first-order valence-electron chi connectivity index (χ1n) is 8.86. The van der Waals surface area contributed by atoms with Crippen LogP contribution in [0.2, 0.25) is 0 Å². The number of anilines is 1. The van der Waals surface area contributed by atoms with Crippen molar-refractivity contribution < 1.29 is 4.21 Å². The Labute approximate surface area is 173 Å². The summed E-state index contributed by atoms with van der Waals surface area (Å²) in [6.07, 6.45) is 3.61. The van der Waals surface area contributed by atoms with Gasteiger partial charge in [-0.25, -0.2) is 15.0 Å². The molecule has 9 heteroatoms. The minimum Gasteiger partial charge on any atom is -0.396 e. The molecule has 0 fully saturated rings. The zero-order valence-corrected chi connectivity index (χ0v) is 18.5. The van der Waals surface area contributed by atoms with E-state index in [1.807, 2.05) is 36.2 Å². The van der Waals surface area contributed by atoms with Crippen molar-refractivity contribution in [2.75, 3.05) is 11.5 Å². The fourth-order valence-corrected chi connectivity index (χ4v) is 6.43. The number of nitrogens with zero attached hydrogens (tertiary/aromatic N) is 4. The first kappa shape index (κ1) is 19.2. The average molecular weight is 432 g/mol. The van der Waals surface area contributed by atoms with Crippen LogP contribution in [-0.2, 0) is 17.8 Å². The number of fused-ring (bicyclic) bond motifs is 1. The normalized spacial score (nSPS) is 12.9. The van der Waals surface area contributed by atoms with Crippen LogP contribution in [0, 0.1) is 12.8 Å². The fourth-order valence-electron chi connectivity index (χ4n) is 3.06. The Hall–Kier alpha value is -2.10. The smallest absolute Gasteiger partial charge is 0.141 e. The second-order valence-corrected chi connectivity index (χ2v) is 10.6. The lowest BCUT2D eigenvalue weighted by molar-refractivity contribution is 0.666. The molecule has 0 saturated carbocycles. The first-order valence-corrected chi connectivity index (χ1v) is 11.9. The van der Waals surface area contributed by atoms with Gasteiger partial charge in [-0.1, -0.05) is 13.8 Å². The van der Waals surface area contributed by atoms with Gasteiger partial charge in [0.05, 0.1) is 28.4 Å². The summed E-state index contributed by atoms with van der Waals surface area (Å²) in [5.74, 6) is 1.81. The Morgan fingerprint density at radius 1 is 1.32 bits per heavy atom. The minimum absolute atomic E-state index is 0.323. The summed E-state index contributed by atoms with van der Waals surface area (Å²) in [6.45, 7) is 6.08. The summed E-state index contributed by atoms with van der Waals surface area (Å²) in [6, 6.07) is 2.01. The van der Waals surface area contributed by atoms with Crippen molar-refractivity contribution in [1.82, 2.24) is 19.5 Å². The SMILES string of the molecule is Cc1ncc(-c2cc(-c3nccs3)nc3sc(S(=O)CC(C)C)c(N)c23)n1C. The summed E-state index contributed by atoms with van der Waals surface area (Å²) in [5, 5.41) is 3.63. The maximum Gasteiger partial charge on any atom is 0.141 e. The van der Waals surface area contributed by atoms with E-state index in [0.717, 1.165) is 38.0 Å². The molecule has 2 N–H and O–H groups in total. The largest absolute Gasteiger partial charge is 0.396 e. The van der Waals surface area contributed by atoms with Gasteiger partial charge in [-0.05, 0) is 18.9 Å². The van der Waals surface area contributed by atoms with Crippen LogP contribution >= 0.6 is 22.7 Å². The molecule has 0 radical (unpaired) electrons. The Balaban J connectivity index is 2.00. The molecule has 4 heterocycles. The van der Waals surface area contributed by atoms with Crippen molar-refractivity contribution in [2.24, 2.45) is 13.0 Å². The summed E-state index contributed by atoms with van der Waals surface area (Å²) in [7, 11) is 0.832. The van der Waals surface area contributed by atoms with E-state index in [4.69, 9.17) is 10.7 Å². The van der Waals surface area contributed by atoms with Crippen LogP contribution in [-0.4, -0.2) is 29.5 Å². The number of aryl methyl sites for hydroxylation is 1. The van der Waals surface area contributed by atoms with Gasteiger partial charge in [-0.2, -0.15) is 0 Å². The summed E-state index contributed by atoms with van der Waals surface area (Å²) < 4.78 is 15.6. The number of rotatable bonds is 5. The lowest BCUT2D eigenvalue weighted by Gasteiger charge is -2.09. The van der Waals surface area contributed by atoms with E-state index in [1.54, 1.807) is 17.5 Å². The Morgan fingerprint density at radius 3 is 2.71 bits per heavy atom. The standard InChI is InChI=1S/C19H21N5OS3/c1-10(2)9-28(25)19-16(20)15-12(14-8-22-11(3)24(14)4)7-13(23-18(15)27-19)17-21-5-6-26-17/h5-8,10H,9,20H2,1-4H3. The van der Waals surface area contributed by atoms with Gasteiger partial charge in [-0.15, -0.1) is 22.7 Å². The number of hydrogen-bond acceptors (Lipinski definition) is 7. The van der Waals surface area contributed by atoms with Crippen LogP contribution in [0.25, 0.3) is 32.2 Å². The van der Waals surface area contributed by atoms with E-state index in [9.17, 15) is 4.21 Å². The maximum absolute atomic E-state index is 12.9. The van der Waals surface area contributed by atoms with Crippen LogP contribution in [0.4, 0.5) is 5.69 Å². The maximum atomic E-state index is 12.9. The van der Waals surface area contributed by atoms with Crippen molar-refractivity contribution >= 4 is 49.4 Å². The predicted molar refractivity (Wildman–Crippen MR) is 118 cm³/mol. The van der Waals surface area contributed by atoms with Crippen LogP contribution < -0.4 is 5.73 Å². The van der Waals surface area contributed by atoms with E-state index in [1.165, 1.54) is 11.3 Å². The van der Waals surface area contributed by atoms with E-state index >= 15 is 0 Å². The van der Waals surface area contributed by atoms with E-state index in [2.05, 4.69) is 23.8 Å². The molecule has 1 atom stereocenters. The highest BCUT2D eigenvalue weighted by Gasteiger charge is 2.23. The Kier molecular flexibility index (Phi) is 5.07. The van der Waals surface area contributed by atoms with Gasteiger partial charge < -0.3 is 10.3 Å². The number of hydrogen-bond donors (Lipinski definition) is 1. The van der Waals surface area contributed by atoms with Crippen molar-refractivity contribution in [2.45, 2.75) is 25.0 Å². The number of thiophene rings is 1. The second kappa shape index (κ2) is 7.38. The summed E-state index contributed by atoms with van der Waals surface area (Å²) >= 11 is 2.96. The van der Waals surface area contributed by atoms with Crippen molar-refractivity contribution in [3.63, 3.8) is 0 Å². The lowest BCUT2D eigenvalue weighted by atomic mass is 10.1. The summed E-state index contributed by atoms with van der Waals surface area (Å²) in [5.41, 5.74) is 9.76. The molecule has 4 aromatic rings. The van der Waals surface area contributed by atoms with Gasteiger partial charge in [0.2, 0.25) is 0 Å². The zero-order chi connectivity index (χ0) is 20.0. The molecular formula is C19H21N5OS3. The van der Waals surface area contributed by atoms with Gasteiger partial charge in [0.15, 0.2) is 0 Å². The summed E-state index contributed by atoms with van der Waals surface area (Å²) in [4.78, 5) is 14.4. The molecule has 146 valence electrons. The van der Waals surface area contributed by atoms with Gasteiger partial charge >= 0.3 is 0 Å². The molecule has 0 bridgehead atoms.